The number of ether oxygens (including phenoxy) is 1. The minimum atomic E-state index is -0.682. The Bertz CT molecular complexity index is 807. The highest BCUT2D eigenvalue weighted by Crippen LogP contribution is 2.36. The molecule has 0 bridgehead atoms. The predicted octanol–water partition coefficient (Wildman–Crippen LogP) is 2.85. The number of rotatable bonds is 5. The number of anilines is 2. The van der Waals surface area contributed by atoms with E-state index in [2.05, 4.69) is 5.32 Å². The summed E-state index contributed by atoms with van der Waals surface area (Å²) in [5, 5.41) is 2.84. The van der Waals surface area contributed by atoms with E-state index in [-0.39, 0.29) is 24.5 Å². The molecule has 2 aromatic rings. The summed E-state index contributed by atoms with van der Waals surface area (Å²) in [5.74, 6) is 0.0639. The van der Waals surface area contributed by atoms with Crippen LogP contribution in [0.2, 0.25) is 0 Å². The van der Waals surface area contributed by atoms with E-state index in [9.17, 15) is 9.59 Å². The molecule has 1 aliphatic rings. The Morgan fingerprint density at radius 2 is 2.00 bits per heavy atom. The number of nitrogens with one attached hydrogen (secondary N) is 1. The number of carbonyl (C=O) groups is 2. The van der Waals surface area contributed by atoms with Crippen LogP contribution in [0.15, 0.2) is 48.5 Å². The Balaban J connectivity index is 1.89. The molecule has 3 rings (SSSR count). The first-order chi connectivity index (χ1) is 12.5. The number of benzene rings is 2. The molecule has 0 saturated carbocycles. The van der Waals surface area contributed by atoms with Crippen molar-refractivity contribution < 1.29 is 14.3 Å². The molecule has 0 radical (unpaired) electrons. The minimum absolute atomic E-state index is 0.0882. The van der Waals surface area contributed by atoms with Gasteiger partial charge in [0.2, 0.25) is 5.91 Å². The third-order valence-electron chi connectivity index (χ3n) is 4.54. The highest BCUT2D eigenvalue weighted by Gasteiger charge is 2.33. The molecule has 2 aromatic carbocycles. The van der Waals surface area contributed by atoms with Crippen LogP contribution in [0.5, 0.6) is 5.75 Å². The molecular weight excluding hydrogens is 330 g/mol. The first-order valence-corrected chi connectivity index (χ1v) is 8.71. The maximum atomic E-state index is 12.7. The lowest BCUT2D eigenvalue weighted by Gasteiger charge is -2.34. The number of carbonyl (C=O) groups excluding carboxylic acids is 2. The molecule has 3 N–H and O–H groups in total. The molecule has 0 fully saturated rings. The van der Waals surface area contributed by atoms with Gasteiger partial charge in [0.15, 0.2) is 6.61 Å². The summed E-state index contributed by atoms with van der Waals surface area (Å²) in [4.78, 5) is 26.7. The first kappa shape index (κ1) is 17.9. The van der Waals surface area contributed by atoms with Crippen molar-refractivity contribution in [1.29, 1.82) is 0 Å². The van der Waals surface area contributed by atoms with Crippen LogP contribution in [0.1, 0.15) is 31.9 Å². The SMILES string of the molecule is CCC(N)c1ccc2c(c1)N(C(C)C(=O)Nc1ccccc1)C(=O)CO2. The molecule has 2 atom stereocenters. The van der Waals surface area contributed by atoms with E-state index in [1.807, 2.05) is 37.3 Å². The predicted molar refractivity (Wildman–Crippen MR) is 101 cm³/mol. The second-order valence-corrected chi connectivity index (χ2v) is 6.33. The monoisotopic (exact) mass is 353 g/mol. The van der Waals surface area contributed by atoms with Gasteiger partial charge in [-0.25, -0.2) is 0 Å². The van der Waals surface area contributed by atoms with Crippen molar-refractivity contribution in [2.24, 2.45) is 5.73 Å². The lowest BCUT2D eigenvalue weighted by atomic mass is 10.0. The molecule has 6 heteroatoms. The fraction of sp³-hybridized carbons (Fsp3) is 0.300. The summed E-state index contributed by atoms with van der Waals surface area (Å²) in [6.07, 6.45) is 0.775. The van der Waals surface area contributed by atoms with Crippen molar-refractivity contribution in [3.63, 3.8) is 0 Å². The fourth-order valence-corrected chi connectivity index (χ4v) is 2.96. The van der Waals surface area contributed by atoms with Gasteiger partial charge < -0.3 is 15.8 Å². The molecule has 2 unspecified atom stereocenters. The van der Waals surface area contributed by atoms with E-state index in [0.717, 1.165) is 12.0 Å². The average molecular weight is 353 g/mol. The number of nitrogens with two attached hydrogens (primary N) is 1. The molecule has 1 aliphatic heterocycles. The Morgan fingerprint density at radius 1 is 1.27 bits per heavy atom. The largest absolute Gasteiger partial charge is 0.482 e. The zero-order valence-electron chi connectivity index (χ0n) is 14.9. The number of amides is 2. The van der Waals surface area contributed by atoms with E-state index in [0.29, 0.717) is 17.1 Å². The van der Waals surface area contributed by atoms with Crippen LogP contribution in [-0.2, 0) is 9.59 Å². The quantitative estimate of drug-likeness (QED) is 0.866. The van der Waals surface area contributed by atoms with Crippen LogP contribution in [-0.4, -0.2) is 24.5 Å². The number of para-hydroxylation sites is 1. The second-order valence-electron chi connectivity index (χ2n) is 6.33. The summed E-state index contributed by atoms with van der Waals surface area (Å²) in [6.45, 7) is 3.62. The van der Waals surface area contributed by atoms with E-state index >= 15 is 0 Å². The molecule has 0 saturated heterocycles. The summed E-state index contributed by atoms with van der Waals surface area (Å²) in [7, 11) is 0. The van der Waals surface area contributed by atoms with Crippen LogP contribution in [0, 0.1) is 0 Å². The Hall–Kier alpha value is -2.86. The van der Waals surface area contributed by atoms with Crippen molar-refractivity contribution >= 4 is 23.2 Å². The molecule has 2 amide bonds. The van der Waals surface area contributed by atoms with Gasteiger partial charge in [-0.3, -0.25) is 14.5 Å². The van der Waals surface area contributed by atoms with Gasteiger partial charge in [-0.2, -0.15) is 0 Å². The van der Waals surface area contributed by atoms with Gasteiger partial charge in [-0.1, -0.05) is 31.2 Å². The minimum Gasteiger partial charge on any atom is -0.482 e. The van der Waals surface area contributed by atoms with Gasteiger partial charge in [0, 0.05) is 11.7 Å². The molecule has 1 heterocycles. The van der Waals surface area contributed by atoms with Crippen molar-refractivity contribution in [3.05, 3.63) is 54.1 Å². The van der Waals surface area contributed by atoms with Gasteiger partial charge in [-0.05, 0) is 43.2 Å². The Morgan fingerprint density at radius 3 is 2.69 bits per heavy atom. The van der Waals surface area contributed by atoms with Gasteiger partial charge in [0.05, 0.1) is 5.69 Å². The van der Waals surface area contributed by atoms with Gasteiger partial charge in [-0.15, -0.1) is 0 Å². The van der Waals surface area contributed by atoms with Crippen LogP contribution in [0.25, 0.3) is 0 Å². The molecule has 0 aliphatic carbocycles. The normalized spacial score (nSPS) is 15.7. The molecule has 26 heavy (non-hydrogen) atoms. The zero-order chi connectivity index (χ0) is 18.7. The topological polar surface area (TPSA) is 84.7 Å². The van der Waals surface area contributed by atoms with Crippen LogP contribution >= 0.6 is 0 Å². The Labute approximate surface area is 152 Å². The van der Waals surface area contributed by atoms with E-state index in [4.69, 9.17) is 10.5 Å². The van der Waals surface area contributed by atoms with Gasteiger partial charge in [0.1, 0.15) is 11.8 Å². The highest BCUT2D eigenvalue weighted by molar-refractivity contribution is 6.06. The third-order valence-corrected chi connectivity index (χ3v) is 4.54. The molecule has 0 spiro atoms. The van der Waals surface area contributed by atoms with E-state index in [1.165, 1.54) is 4.90 Å². The number of hydrogen-bond donors (Lipinski definition) is 2. The maximum absolute atomic E-state index is 12.7. The van der Waals surface area contributed by atoms with Crippen molar-refractivity contribution in [2.45, 2.75) is 32.4 Å². The van der Waals surface area contributed by atoms with Crippen LogP contribution in [0.4, 0.5) is 11.4 Å². The van der Waals surface area contributed by atoms with Crippen LogP contribution < -0.4 is 20.7 Å². The average Bonchev–Trinajstić information content (AvgIpc) is 2.67. The van der Waals surface area contributed by atoms with Gasteiger partial charge >= 0.3 is 0 Å². The summed E-state index contributed by atoms with van der Waals surface area (Å²) in [6, 6.07) is 13.9. The lowest BCUT2D eigenvalue weighted by molar-refractivity contribution is -0.125. The summed E-state index contributed by atoms with van der Waals surface area (Å²) in [5.41, 5.74) is 8.30. The molecular formula is C20H23N3O3. The Kier molecular flexibility index (Phi) is 5.23. The maximum Gasteiger partial charge on any atom is 0.265 e. The van der Waals surface area contributed by atoms with Gasteiger partial charge in [0.25, 0.3) is 5.91 Å². The smallest absolute Gasteiger partial charge is 0.265 e. The molecule has 6 nitrogen and oxygen atoms in total. The third kappa shape index (κ3) is 3.55. The fourth-order valence-electron chi connectivity index (χ4n) is 2.96. The zero-order valence-corrected chi connectivity index (χ0v) is 14.9. The lowest BCUT2D eigenvalue weighted by Crippen LogP contribution is -2.49. The number of fused-ring (bicyclic) bond motifs is 1. The van der Waals surface area contributed by atoms with Crippen molar-refractivity contribution in [3.8, 4) is 5.75 Å². The first-order valence-electron chi connectivity index (χ1n) is 8.71. The van der Waals surface area contributed by atoms with Crippen molar-refractivity contribution in [2.75, 3.05) is 16.8 Å². The highest BCUT2D eigenvalue weighted by atomic mass is 16.5. The molecule has 136 valence electrons. The van der Waals surface area contributed by atoms with E-state index in [1.54, 1.807) is 25.1 Å². The van der Waals surface area contributed by atoms with Crippen LogP contribution in [0.3, 0.4) is 0 Å². The summed E-state index contributed by atoms with van der Waals surface area (Å²) < 4.78 is 5.52. The number of hydrogen-bond acceptors (Lipinski definition) is 4. The van der Waals surface area contributed by atoms with E-state index < -0.39 is 6.04 Å². The summed E-state index contributed by atoms with van der Waals surface area (Å²) >= 11 is 0. The standard InChI is InChI=1S/C20H23N3O3/c1-3-16(21)14-9-10-18-17(11-14)23(19(24)12-26-18)13(2)20(25)22-15-7-5-4-6-8-15/h4-11,13,16H,3,12,21H2,1-2H3,(H,22,25). The molecule has 0 aromatic heterocycles. The van der Waals surface area contributed by atoms with Crippen molar-refractivity contribution in [1.82, 2.24) is 0 Å². The second kappa shape index (κ2) is 7.58. The number of nitrogens with zero attached hydrogens (tertiary/aromatic N) is 1.